The van der Waals surface area contributed by atoms with E-state index in [0.717, 1.165) is 45.4 Å². The number of rotatable bonds is 7. The lowest BCUT2D eigenvalue weighted by Gasteiger charge is -2.40. The van der Waals surface area contributed by atoms with Gasteiger partial charge in [-0.2, -0.15) is 0 Å². The molecule has 2 rings (SSSR count). The lowest BCUT2D eigenvalue weighted by molar-refractivity contribution is -0.0336. The first-order chi connectivity index (χ1) is 10.1. The minimum atomic E-state index is -0.0414. The van der Waals surface area contributed by atoms with Gasteiger partial charge in [-0.3, -0.25) is 0 Å². The molecular formula is C16H28N2O2S. The highest BCUT2D eigenvalue weighted by molar-refractivity contribution is 7.11. The van der Waals surface area contributed by atoms with E-state index in [-0.39, 0.29) is 5.54 Å². The Morgan fingerprint density at radius 1 is 1.48 bits per heavy atom. The standard InChI is InChI=1S/C16H28N2O2S/c1-5-13-11-16(7-9-20-13,17-8-10-19-4)15-18-14(6-2)12(3)21-15/h13,17H,5-11H2,1-4H3. The van der Waals surface area contributed by atoms with Crippen LogP contribution in [0, 0.1) is 6.92 Å². The van der Waals surface area contributed by atoms with E-state index in [1.165, 1.54) is 15.6 Å². The first-order valence-corrected chi connectivity index (χ1v) is 8.79. The summed E-state index contributed by atoms with van der Waals surface area (Å²) < 4.78 is 11.1. The van der Waals surface area contributed by atoms with Crippen molar-refractivity contribution in [3.63, 3.8) is 0 Å². The lowest BCUT2D eigenvalue weighted by atomic mass is 9.86. The van der Waals surface area contributed by atoms with E-state index in [1.54, 1.807) is 7.11 Å². The van der Waals surface area contributed by atoms with E-state index in [9.17, 15) is 0 Å². The summed E-state index contributed by atoms with van der Waals surface area (Å²) in [6.45, 7) is 8.94. The third-order valence-corrected chi connectivity index (χ3v) is 5.54. The highest BCUT2D eigenvalue weighted by Crippen LogP contribution is 2.38. The summed E-state index contributed by atoms with van der Waals surface area (Å²) in [5, 5.41) is 4.96. The van der Waals surface area contributed by atoms with E-state index in [4.69, 9.17) is 14.5 Å². The molecule has 0 aromatic carbocycles. The zero-order chi connectivity index (χ0) is 15.3. The van der Waals surface area contributed by atoms with Crippen molar-refractivity contribution in [3.05, 3.63) is 15.6 Å². The molecule has 1 N–H and O–H groups in total. The van der Waals surface area contributed by atoms with Crippen LogP contribution in [-0.4, -0.2) is 38.0 Å². The normalized spacial score (nSPS) is 26.2. The monoisotopic (exact) mass is 312 g/mol. The molecule has 0 saturated carbocycles. The highest BCUT2D eigenvalue weighted by Gasteiger charge is 2.40. The Hall–Kier alpha value is -0.490. The molecule has 1 aliphatic rings. The third-order valence-electron chi connectivity index (χ3n) is 4.32. The van der Waals surface area contributed by atoms with Crippen molar-refractivity contribution in [2.24, 2.45) is 0 Å². The summed E-state index contributed by atoms with van der Waals surface area (Å²) >= 11 is 1.84. The van der Waals surface area contributed by atoms with Gasteiger partial charge in [0.1, 0.15) is 5.01 Å². The van der Waals surface area contributed by atoms with Crippen LogP contribution < -0.4 is 5.32 Å². The maximum Gasteiger partial charge on any atom is 0.113 e. The Balaban J connectivity index is 2.25. The zero-order valence-electron chi connectivity index (χ0n) is 13.7. The zero-order valence-corrected chi connectivity index (χ0v) is 14.5. The molecule has 0 amide bonds. The predicted molar refractivity (Wildman–Crippen MR) is 87.1 cm³/mol. The molecule has 0 spiro atoms. The first kappa shape index (κ1) is 16.9. The average molecular weight is 312 g/mol. The molecule has 0 bridgehead atoms. The van der Waals surface area contributed by atoms with Gasteiger partial charge in [-0.15, -0.1) is 11.3 Å². The second-order valence-corrected chi connectivity index (χ2v) is 6.94. The molecule has 2 atom stereocenters. The molecule has 2 heterocycles. The van der Waals surface area contributed by atoms with E-state index >= 15 is 0 Å². The second-order valence-electron chi connectivity index (χ2n) is 5.73. The van der Waals surface area contributed by atoms with Gasteiger partial charge in [0.2, 0.25) is 0 Å². The van der Waals surface area contributed by atoms with Crippen molar-refractivity contribution in [2.75, 3.05) is 26.9 Å². The Morgan fingerprint density at radius 2 is 2.29 bits per heavy atom. The summed E-state index contributed by atoms with van der Waals surface area (Å²) in [5.41, 5.74) is 1.20. The van der Waals surface area contributed by atoms with Crippen molar-refractivity contribution < 1.29 is 9.47 Å². The smallest absolute Gasteiger partial charge is 0.113 e. The van der Waals surface area contributed by atoms with Gasteiger partial charge in [-0.1, -0.05) is 13.8 Å². The van der Waals surface area contributed by atoms with Crippen molar-refractivity contribution in [1.29, 1.82) is 0 Å². The number of hydrogen-bond donors (Lipinski definition) is 1. The summed E-state index contributed by atoms with van der Waals surface area (Å²) in [7, 11) is 1.75. The Morgan fingerprint density at radius 3 is 2.90 bits per heavy atom. The summed E-state index contributed by atoms with van der Waals surface area (Å²) in [6.07, 6.45) is 4.37. The van der Waals surface area contributed by atoms with Gasteiger partial charge < -0.3 is 14.8 Å². The molecule has 21 heavy (non-hydrogen) atoms. The highest BCUT2D eigenvalue weighted by atomic mass is 32.1. The van der Waals surface area contributed by atoms with Crippen molar-refractivity contribution in [1.82, 2.24) is 10.3 Å². The topological polar surface area (TPSA) is 43.4 Å². The summed E-state index contributed by atoms with van der Waals surface area (Å²) in [5.74, 6) is 0. The minimum absolute atomic E-state index is 0.0414. The third kappa shape index (κ3) is 3.83. The number of aryl methyl sites for hydroxylation is 2. The van der Waals surface area contributed by atoms with Crippen LogP contribution in [0.3, 0.4) is 0 Å². The van der Waals surface area contributed by atoms with Gasteiger partial charge in [0.15, 0.2) is 0 Å². The van der Waals surface area contributed by atoms with Crippen LogP contribution in [0.25, 0.3) is 0 Å². The average Bonchev–Trinajstić information content (AvgIpc) is 2.89. The number of methoxy groups -OCH3 is 1. The molecule has 0 aliphatic carbocycles. The fraction of sp³-hybridized carbons (Fsp3) is 0.812. The van der Waals surface area contributed by atoms with E-state index in [1.807, 2.05) is 11.3 Å². The van der Waals surface area contributed by atoms with Gasteiger partial charge in [0, 0.05) is 25.1 Å². The molecular weight excluding hydrogens is 284 g/mol. The van der Waals surface area contributed by atoms with Gasteiger partial charge in [-0.25, -0.2) is 4.98 Å². The molecule has 2 unspecified atom stereocenters. The van der Waals surface area contributed by atoms with Crippen LogP contribution >= 0.6 is 11.3 Å². The van der Waals surface area contributed by atoms with Crippen LogP contribution in [0.4, 0.5) is 0 Å². The minimum Gasteiger partial charge on any atom is -0.383 e. The van der Waals surface area contributed by atoms with Crippen LogP contribution in [-0.2, 0) is 21.4 Å². The van der Waals surface area contributed by atoms with Crippen molar-refractivity contribution in [2.45, 2.75) is 58.1 Å². The predicted octanol–water partition coefficient (Wildman–Crippen LogP) is 3.03. The number of nitrogens with one attached hydrogen (secondary N) is 1. The van der Waals surface area contributed by atoms with Crippen molar-refractivity contribution in [3.8, 4) is 0 Å². The molecule has 1 aromatic rings. The van der Waals surface area contributed by atoms with Crippen molar-refractivity contribution >= 4 is 11.3 Å². The number of aromatic nitrogens is 1. The molecule has 4 nitrogen and oxygen atoms in total. The fourth-order valence-corrected chi connectivity index (χ4v) is 4.20. The van der Waals surface area contributed by atoms with Gasteiger partial charge >= 0.3 is 0 Å². The Bertz CT molecular complexity index is 449. The van der Waals surface area contributed by atoms with Gasteiger partial charge in [-0.05, 0) is 32.6 Å². The SMILES string of the molecule is CCc1nc(C2(NCCOC)CCOC(CC)C2)sc1C. The summed E-state index contributed by atoms with van der Waals surface area (Å²) in [4.78, 5) is 6.28. The molecule has 1 aromatic heterocycles. The molecule has 120 valence electrons. The maximum atomic E-state index is 5.88. The number of nitrogens with zero attached hydrogens (tertiary/aromatic N) is 1. The first-order valence-electron chi connectivity index (χ1n) is 7.97. The van der Waals surface area contributed by atoms with Crippen LogP contribution in [0.2, 0.25) is 0 Å². The lowest BCUT2D eigenvalue weighted by Crippen LogP contribution is -2.50. The molecule has 5 heteroatoms. The number of ether oxygens (including phenoxy) is 2. The molecule has 1 fully saturated rings. The largest absolute Gasteiger partial charge is 0.383 e. The van der Waals surface area contributed by atoms with E-state index in [2.05, 4.69) is 26.1 Å². The second kappa shape index (κ2) is 7.68. The Kier molecular flexibility index (Phi) is 6.17. The maximum absolute atomic E-state index is 5.88. The number of thiazole rings is 1. The van der Waals surface area contributed by atoms with Gasteiger partial charge in [0.25, 0.3) is 0 Å². The van der Waals surface area contributed by atoms with Crippen LogP contribution in [0.15, 0.2) is 0 Å². The molecule has 0 radical (unpaired) electrons. The quantitative estimate of drug-likeness (QED) is 0.786. The van der Waals surface area contributed by atoms with E-state index in [0.29, 0.717) is 6.10 Å². The van der Waals surface area contributed by atoms with Gasteiger partial charge in [0.05, 0.1) is 23.9 Å². The Labute approximate surface area is 132 Å². The summed E-state index contributed by atoms with van der Waals surface area (Å²) in [6, 6.07) is 0. The van der Waals surface area contributed by atoms with E-state index < -0.39 is 0 Å². The fourth-order valence-electron chi connectivity index (χ4n) is 3.00. The molecule has 1 saturated heterocycles. The van der Waals surface area contributed by atoms with Crippen LogP contribution in [0.1, 0.15) is 48.7 Å². The number of hydrogen-bond acceptors (Lipinski definition) is 5. The molecule has 1 aliphatic heterocycles. The van der Waals surface area contributed by atoms with Crippen LogP contribution in [0.5, 0.6) is 0 Å².